The third-order valence-corrected chi connectivity index (χ3v) is 8.35. The molecule has 2 heterocycles. The molecule has 2 aliphatic rings. The Morgan fingerprint density at radius 3 is 2.00 bits per heavy atom. The average Bonchev–Trinajstić information content (AvgIpc) is 3.17. The molecule has 4 rings (SSSR count). The number of nitrogens with one attached hydrogen (secondary N) is 2. The number of nitrogens with zero attached hydrogens (tertiary/aromatic N) is 2. The van der Waals surface area contributed by atoms with E-state index in [1.54, 1.807) is 48.5 Å². The molecular formula is C25H32N4O4S. The second-order valence-corrected chi connectivity index (χ2v) is 10.9. The van der Waals surface area contributed by atoms with E-state index in [4.69, 9.17) is 0 Å². The third kappa shape index (κ3) is 5.59. The minimum atomic E-state index is -3.76. The number of aryl methyl sites for hydroxylation is 1. The Morgan fingerprint density at radius 2 is 1.38 bits per heavy atom. The zero-order valence-corrected chi connectivity index (χ0v) is 20.3. The molecule has 0 aromatic heterocycles. The van der Waals surface area contributed by atoms with Gasteiger partial charge in [-0.05, 0) is 69.0 Å². The van der Waals surface area contributed by atoms with Crippen molar-refractivity contribution >= 4 is 33.3 Å². The zero-order chi connectivity index (χ0) is 24.1. The molecule has 2 N–H and O–H groups in total. The van der Waals surface area contributed by atoms with E-state index >= 15 is 0 Å². The highest BCUT2D eigenvalue weighted by Crippen LogP contribution is 2.27. The van der Waals surface area contributed by atoms with Crippen molar-refractivity contribution in [3.63, 3.8) is 0 Å². The molecule has 8 nitrogen and oxygen atoms in total. The molecule has 9 heteroatoms. The fourth-order valence-corrected chi connectivity index (χ4v) is 6.13. The van der Waals surface area contributed by atoms with E-state index in [1.165, 1.54) is 4.31 Å². The van der Waals surface area contributed by atoms with E-state index in [0.717, 1.165) is 44.3 Å². The van der Waals surface area contributed by atoms with E-state index in [0.29, 0.717) is 30.8 Å². The maximum absolute atomic E-state index is 13.1. The number of urea groups is 1. The first kappa shape index (κ1) is 24.2. The number of sulfonamides is 1. The summed E-state index contributed by atoms with van der Waals surface area (Å²) < 4.78 is 27.5. The predicted octanol–water partition coefficient (Wildman–Crippen LogP) is 4.19. The van der Waals surface area contributed by atoms with Crippen molar-refractivity contribution in [2.75, 3.05) is 30.3 Å². The van der Waals surface area contributed by atoms with Gasteiger partial charge in [0.15, 0.2) is 0 Å². The van der Waals surface area contributed by atoms with Crippen LogP contribution in [0.15, 0.2) is 53.4 Å². The van der Waals surface area contributed by atoms with Crippen molar-refractivity contribution < 1.29 is 18.0 Å². The molecule has 0 aliphatic carbocycles. The zero-order valence-electron chi connectivity index (χ0n) is 19.5. The Kier molecular flexibility index (Phi) is 7.53. The molecule has 2 aromatic carbocycles. The van der Waals surface area contributed by atoms with Crippen LogP contribution in [-0.2, 0) is 14.8 Å². The van der Waals surface area contributed by atoms with Crippen LogP contribution in [-0.4, -0.2) is 55.2 Å². The Balaban J connectivity index is 1.38. The van der Waals surface area contributed by atoms with Crippen LogP contribution in [0.5, 0.6) is 0 Å². The molecule has 182 valence electrons. The summed E-state index contributed by atoms with van der Waals surface area (Å²) in [4.78, 5) is 27.5. The van der Waals surface area contributed by atoms with E-state index in [9.17, 15) is 18.0 Å². The summed E-state index contributed by atoms with van der Waals surface area (Å²) in [6.07, 6.45) is 5.46. The Labute approximate surface area is 201 Å². The van der Waals surface area contributed by atoms with Gasteiger partial charge in [-0.2, -0.15) is 4.31 Å². The minimum absolute atomic E-state index is 0.110. The average molecular weight is 485 g/mol. The van der Waals surface area contributed by atoms with Crippen molar-refractivity contribution in [3.8, 4) is 0 Å². The Morgan fingerprint density at radius 1 is 0.794 bits per heavy atom. The van der Waals surface area contributed by atoms with Crippen molar-refractivity contribution in [2.45, 2.75) is 56.4 Å². The first-order valence-electron chi connectivity index (χ1n) is 11.9. The molecule has 3 amide bonds. The highest BCUT2D eigenvalue weighted by Gasteiger charge is 2.39. The number of anilines is 2. The van der Waals surface area contributed by atoms with E-state index in [2.05, 4.69) is 10.6 Å². The Bertz CT molecular complexity index is 1110. The standard InChI is InChI=1S/C25H32N4O4S/c1-19-8-14-22(15-9-19)34(32,33)29-18-6-7-23(29)24(30)26-20-10-12-21(13-11-20)27-25(31)28-16-4-2-3-5-17-28/h8-15,23H,2-7,16-18H2,1H3,(H,26,30)(H,27,31)/t23-/m0/s1. The van der Waals surface area contributed by atoms with Gasteiger partial charge in [-0.3, -0.25) is 4.79 Å². The van der Waals surface area contributed by atoms with Gasteiger partial charge >= 0.3 is 6.03 Å². The lowest BCUT2D eigenvalue weighted by Crippen LogP contribution is -2.43. The molecule has 1 atom stereocenters. The highest BCUT2D eigenvalue weighted by atomic mass is 32.2. The number of rotatable bonds is 5. The summed E-state index contributed by atoms with van der Waals surface area (Å²) in [5.74, 6) is -0.352. The molecule has 0 unspecified atom stereocenters. The lowest BCUT2D eigenvalue weighted by atomic mass is 10.2. The minimum Gasteiger partial charge on any atom is -0.325 e. The van der Waals surface area contributed by atoms with Gasteiger partial charge in [0.2, 0.25) is 15.9 Å². The van der Waals surface area contributed by atoms with Crippen molar-refractivity contribution in [1.29, 1.82) is 0 Å². The summed E-state index contributed by atoms with van der Waals surface area (Å²) in [5, 5.41) is 5.74. The van der Waals surface area contributed by atoms with Crippen LogP contribution in [0.2, 0.25) is 0 Å². The Hall–Kier alpha value is -2.91. The molecule has 0 radical (unpaired) electrons. The van der Waals surface area contributed by atoms with Gasteiger partial charge in [0, 0.05) is 31.0 Å². The van der Waals surface area contributed by atoms with Gasteiger partial charge in [-0.1, -0.05) is 30.5 Å². The van der Waals surface area contributed by atoms with Crippen molar-refractivity contribution in [3.05, 3.63) is 54.1 Å². The van der Waals surface area contributed by atoms with E-state index < -0.39 is 16.1 Å². The van der Waals surface area contributed by atoms with Crippen LogP contribution >= 0.6 is 0 Å². The normalized spacial score (nSPS) is 19.4. The molecule has 2 saturated heterocycles. The fourth-order valence-electron chi connectivity index (χ4n) is 4.47. The van der Waals surface area contributed by atoms with Crippen LogP contribution < -0.4 is 10.6 Å². The quantitative estimate of drug-likeness (QED) is 0.665. The highest BCUT2D eigenvalue weighted by molar-refractivity contribution is 7.89. The van der Waals surface area contributed by atoms with Gasteiger partial charge in [-0.15, -0.1) is 0 Å². The number of carbonyl (C=O) groups excluding carboxylic acids is 2. The molecule has 0 bridgehead atoms. The van der Waals surface area contributed by atoms with Crippen LogP contribution in [0.3, 0.4) is 0 Å². The second kappa shape index (κ2) is 10.6. The van der Waals surface area contributed by atoms with Crippen molar-refractivity contribution in [1.82, 2.24) is 9.21 Å². The van der Waals surface area contributed by atoms with Crippen LogP contribution in [0.4, 0.5) is 16.2 Å². The molecular weight excluding hydrogens is 452 g/mol. The number of carbonyl (C=O) groups is 2. The summed E-state index contributed by atoms with van der Waals surface area (Å²) in [6, 6.07) is 12.7. The SMILES string of the molecule is Cc1ccc(S(=O)(=O)N2CCC[C@H]2C(=O)Nc2ccc(NC(=O)N3CCCCCC3)cc2)cc1. The second-order valence-electron chi connectivity index (χ2n) is 8.98. The third-order valence-electron chi connectivity index (χ3n) is 6.43. The summed E-state index contributed by atoms with van der Waals surface area (Å²) in [6.45, 7) is 3.75. The smallest absolute Gasteiger partial charge is 0.321 e. The first-order chi connectivity index (χ1) is 16.3. The van der Waals surface area contributed by atoms with Gasteiger partial charge in [0.1, 0.15) is 6.04 Å². The largest absolute Gasteiger partial charge is 0.325 e. The molecule has 0 spiro atoms. The number of hydrogen-bond donors (Lipinski definition) is 2. The monoisotopic (exact) mass is 484 g/mol. The molecule has 34 heavy (non-hydrogen) atoms. The van der Waals surface area contributed by atoms with Gasteiger partial charge in [-0.25, -0.2) is 13.2 Å². The maximum Gasteiger partial charge on any atom is 0.321 e. The van der Waals surface area contributed by atoms with Gasteiger partial charge < -0.3 is 15.5 Å². The predicted molar refractivity (Wildman–Crippen MR) is 132 cm³/mol. The lowest BCUT2D eigenvalue weighted by molar-refractivity contribution is -0.119. The van der Waals surface area contributed by atoms with Crippen LogP contribution in [0.1, 0.15) is 44.1 Å². The summed E-state index contributed by atoms with van der Waals surface area (Å²) in [7, 11) is -3.76. The first-order valence-corrected chi connectivity index (χ1v) is 13.3. The van der Waals surface area contributed by atoms with E-state index in [1.807, 2.05) is 11.8 Å². The summed E-state index contributed by atoms with van der Waals surface area (Å²) in [5.41, 5.74) is 2.18. The van der Waals surface area contributed by atoms with Gasteiger partial charge in [0.05, 0.1) is 4.90 Å². The molecule has 0 saturated carbocycles. The topological polar surface area (TPSA) is 98.8 Å². The number of benzene rings is 2. The summed E-state index contributed by atoms with van der Waals surface area (Å²) >= 11 is 0. The van der Waals surface area contributed by atoms with Crippen molar-refractivity contribution in [2.24, 2.45) is 0 Å². The fraction of sp³-hybridized carbons (Fsp3) is 0.440. The number of amides is 3. The molecule has 2 aromatic rings. The number of hydrogen-bond acceptors (Lipinski definition) is 4. The number of likely N-dealkylation sites (tertiary alicyclic amines) is 1. The lowest BCUT2D eigenvalue weighted by Gasteiger charge is -2.23. The molecule has 2 fully saturated rings. The van der Waals surface area contributed by atoms with Crippen LogP contribution in [0.25, 0.3) is 0 Å². The van der Waals surface area contributed by atoms with Crippen LogP contribution in [0, 0.1) is 6.92 Å². The van der Waals surface area contributed by atoms with Gasteiger partial charge in [0.25, 0.3) is 0 Å². The molecule has 2 aliphatic heterocycles. The maximum atomic E-state index is 13.1. The van der Waals surface area contributed by atoms with E-state index in [-0.39, 0.29) is 16.8 Å².